The average molecular weight is 454 g/mol. The van der Waals surface area contributed by atoms with E-state index in [-0.39, 0.29) is 30.8 Å². The molecule has 0 spiro atoms. The van der Waals surface area contributed by atoms with Gasteiger partial charge in [-0.3, -0.25) is 4.79 Å². The van der Waals surface area contributed by atoms with Crippen LogP contribution in [-0.4, -0.2) is 35.1 Å². The lowest BCUT2D eigenvalue weighted by Gasteiger charge is -2.26. The first-order valence-electron chi connectivity index (χ1n) is 10.1. The monoisotopic (exact) mass is 453 g/mol. The molecule has 166 valence electrons. The quantitative estimate of drug-likeness (QED) is 0.582. The van der Waals surface area contributed by atoms with Crippen molar-refractivity contribution in [3.63, 3.8) is 0 Å². The summed E-state index contributed by atoms with van der Waals surface area (Å²) in [7, 11) is 0. The van der Waals surface area contributed by atoms with Crippen molar-refractivity contribution in [2.75, 3.05) is 13.1 Å². The Hall–Kier alpha value is -3.25. The van der Waals surface area contributed by atoms with Gasteiger partial charge in [-0.1, -0.05) is 23.4 Å². The zero-order chi connectivity index (χ0) is 22.0. The second-order valence-electron chi connectivity index (χ2n) is 7.59. The van der Waals surface area contributed by atoms with Crippen LogP contribution in [0.3, 0.4) is 0 Å². The minimum atomic E-state index is -0.424. The molecule has 8 nitrogen and oxygen atoms in total. The largest absolute Gasteiger partial charge is 0.490 e. The van der Waals surface area contributed by atoms with Crippen LogP contribution in [0.4, 0.5) is 0 Å². The van der Waals surface area contributed by atoms with Gasteiger partial charge in [0, 0.05) is 17.7 Å². The van der Waals surface area contributed by atoms with Crippen molar-refractivity contribution in [2.24, 2.45) is 5.73 Å². The van der Waals surface area contributed by atoms with E-state index in [4.69, 9.17) is 15.0 Å². The smallest absolute Gasteiger partial charge is 0.258 e. The number of halogens is 1. The van der Waals surface area contributed by atoms with Gasteiger partial charge >= 0.3 is 0 Å². The molecule has 0 amide bonds. The van der Waals surface area contributed by atoms with Gasteiger partial charge in [0.1, 0.15) is 11.8 Å². The molecule has 0 bridgehead atoms. The number of ketones is 1. The molecule has 32 heavy (non-hydrogen) atoms. The number of Topliss-reactive ketones (excluding diaryl/α,β-unsaturated/α-hetero) is 1. The number of nitrogens with two attached hydrogens (primary N) is 1. The molecule has 1 aliphatic heterocycles. The Morgan fingerprint density at radius 1 is 1.38 bits per heavy atom. The highest BCUT2D eigenvalue weighted by molar-refractivity contribution is 5.88. The van der Waals surface area contributed by atoms with Crippen LogP contribution in [0.25, 0.3) is 22.8 Å². The van der Waals surface area contributed by atoms with Crippen LogP contribution in [0.2, 0.25) is 0 Å². The number of rotatable bonds is 6. The first-order valence-corrected chi connectivity index (χ1v) is 10.1. The van der Waals surface area contributed by atoms with E-state index in [1.807, 2.05) is 32.0 Å². The number of aromatic nitrogens is 2. The lowest BCUT2D eigenvalue weighted by molar-refractivity contribution is -0.120. The van der Waals surface area contributed by atoms with Crippen LogP contribution < -0.4 is 15.8 Å². The van der Waals surface area contributed by atoms with Gasteiger partial charge in [0.15, 0.2) is 5.78 Å². The Labute approximate surface area is 192 Å². The molecule has 1 atom stereocenters. The second-order valence-corrected chi connectivity index (χ2v) is 7.59. The van der Waals surface area contributed by atoms with E-state index in [0.717, 1.165) is 23.1 Å². The fraction of sp³-hybridized carbons (Fsp3) is 0.304. The number of nitrogens with one attached hydrogen (secondary N) is 1. The molecule has 0 radical (unpaired) electrons. The van der Waals surface area contributed by atoms with Crippen LogP contribution in [0, 0.1) is 11.3 Å². The summed E-state index contributed by atoms with van der Waals surface area (Å²) in [6, 6.07) is 12.6. The molecule has 2 heterocycles. The van der Waals surface area contributed by atoms with E-state index in [1.54, 1.807) is 18.2 Å². The standard InChI is InChI=1S/C23H23N5O3.ClH/c1-13(2)30-20-7-6-14(10-15(20)11-24)23-27-22(28-31-23)18-5-3-4-17-16(18)8-9-26-21(17)19(29)12-25;/h3-7,10,13,21,26H,8-9,12,25H2,1-2H3;1H. The first kappa shape index (κ1) is 23.4. The summed E-state index contributed by atoms with van der Waals surface area (Å²) in [6.07, 6.45) is 0.700. The maximum Gasteiger partial charge on any atom is 0.258 e. The summed E-state index contributed by atoms with van der Waals surface area (Å²) in [5.74, 6) is 1.21. The van der Waals surface area contributed by atoms with Gasteiger partial charge in [-0.15, -0.1) is 12.4 Å². The zero-order valence-electron chi connectivity index (χ0n) is 17.8. The predicted octanol–water partition coefficient (Wildman–Crippen LogP) is 3.20. The molecule has 0 saturated carbocycles. The van der Waals surface area contributed by atoms with Crippen molar-refractivity contribution in [1.29, 1.82) is 5.26 Å². The minimum absolute atomic E-state index is 0. The third-order valence-electron chi connectivity index (χ3n) is 5.15. The van der Waals surface area contributed by atoms with Crippen molar-refractivity contribution in [1.82, 2.24) is 15.5 Å². The molecular formula is C23H24ClN5O3. The number of benzene rings is 2. The topological polar surface area (TPSA) is 127 Å². The maximum atomic E-state index is 12.2. The average Bonchev–Trinajstić information content (AvgIpc) is 3.27. The highest BCUT2D eigenvalue weighted by Gasteiger charge is 2.28. The Balaban J connectivity index is 0.00000289. The number of nitriles is 1. The van der Waals surface area contributed by atoms with Gasteiger partial charge in [-0.2, -0.15) is 10.2 Å². The SMILES string of the molecule is CC(C)Oc1ccc(-c2nc(-c3cccc4c3CCNC4C(=O)CN)no2)cc1C#N.Cl. The van der Waals surface area contributed by atoms with E-state index >= 15 is 0 Å². The lowest BCUT2D eigenvalue weighted by Crippen LogP contribution is -2.38. The van der Waals surface area contributed by atoms with Crippen molar-refractivity contribution < 1.29 is 14.1 Å². The van der Waals surface area contributed by atoms with Crippen LogP contribution >= 0.6 is 12.4 Å². The number of nitrogens with zero attached hydrogens (tertiary/aromatic N) is 3. The molecular weight excluding hydrogens is 430 g/mol. The summed E-state index contributed by atoms with van der Waals surface area (Å²) in [5, 5.41) is 16.9. The highest BCUT2D eigenvalue weighted by Crippen LogP contribution is 2.33. The van der Waals surface area contributed by atoms with Crippen molar-refractivity contribution in [2.45, 2.75) is 32.4 Å². The van der Waals surface area contributed by atoms with E-state index in [0.29, 0.717) is 35.1 Å². The molecule has 9 heteroatoms. The third kappa shape index (κ3) is 4.50. The molecule has 1 aliphatic rings. The summed E-state index contributed by atoms with van der Waals surface area (Å²) < 4.78 is 11.2. The van der Waals surface area contributed by atoms with Gasteiger partial charge in [-0.05, 0) is 49.6 Å². The molecule has 0 saturated heterocycles. The van der Waals surface area contributed by atoms with Gasteiger partial charge in [0.05, 0.1) is 24.3 Å². The van der Waals surface area contributed by atoms with Gasteiger partial charge in [-0.25, -0.2) is 0 Å². The summed E-state index contributed by atoms with van der Waals surface area (Å²) in [4.78, 5) is 16.8. The Kier molecular flexibility index (Phi) is 7.26. The number of hydrogen-bond acceptors (Lipinski definition) is 8. The van der Waals surface area contributed by atoms with Gasteiger partial charge < -0.3 is 20.3 Å². The molecule has 2 aromatic carbocycles. The van der Waals surface area contributed by atoms with E-state index in [2.05, 4.69) is 21.5 Å². The van der Waals surface area contributed by atoms with Gasteiger partial charge in [0.2, 0.25) is 5.82 Å². The first-order chi connectivity index (χ1) is 15.0. The molecule has 3 aromatic rings. The summed E-state index contributed by atoms with van der Waals surface area (Å²) in [5.41, 5.74) is 9.34. The van der Waals surface area contributed by atoms with Crippen LogP contribution in [0.1, 0.15) is 36.6 Å². The Morgan fingerprint density at radius 3 is 2.91 bits per heavy atom. The molecule has 1 unspecified atom stereocenters. The van der Waals surface area contributed by atoms with Gasteiger partial charge in [0.25, 0.3) is 5.89 Å². The van der Waals surface area contributed by atoms with Crippen LogP contribution in [0.5, 0.6) is 5.75 Å². The molecule has 1 aromatic heterocycles. The zero-order valence-corrected chi connectivity index (χ0v) is 18.6. The maximum absolute atomic E-state index is 12.2. The van der Waals surface area contributed by atoms with Crippen LogP contribution in [0.15, 0.2) is 40.9 Å². The number of fused-ring (bicyclic) bond motifs is 1. The minimum Gasteiger partial charge on any atom is -0.490 e. The normalized spacial score (nSPS) is 14.9. The van der Waals surface area contributed by atoms with Crippen molar-refractivity contribution in [3.8, 4) is 34.7 Å². The van der Waals surface area contributed by atoms with Crippen molar-refractivity contribution in [3.05, 3.63) is 53.1 Å². The molecule has 0 aliphatic carbocycles. The van der Waals surface area contributed by atoms with Crippen LogP contribution in [-0.2, 0) is 11.2 Å². The summed E-state index contributed by atoms with van der Waals surface area (Å²) in [6.45, 7) is 4.45. The third-order valence-corrected chi connectivity index (χ3v) is 5.15. The van der Waals surface area contributed by atoms with E-state index in [9.17, 15) is 10.1 Å². The Bertz CT molecular complexity index is 1170. The lowest BCUT2D eigenvalue weighted by atomic mass is 9.88. The molecule has 4 rings (SSSR count). The van der Waals surface area contributed by atoms with E-state index in [1.165, 1.54) is 0 Å². The number of hydrogen-bond donors (Lipinski definition) is 2. The fourth-order valence-electron chi connectivity index (χ4n) is 3.78. The predicted molar refractivity (Wildman–Crippen MR) is 121 cm³/mol. The number of ether oxygens (including phenoxy) is 1. The summed E-state index contributed by atoms with van der Waals surface area (Å²) >= 11 is 0. The Morgan fingerprint density at radius 2 is 2.19 bits per heavy atom. The highest BCUT2D eigenvalue weighted by atomic mass is 35.5. The van der Waals surface area contributed by atoms with Crippen molar-refractivity contribution >= 4 is 18.2 Å². The molecule has 0 fully saturated rings. The number of carbonyl (C=O) groups is 1. The fourth-order valence-corrected chi connectivity index (χ4v) is 3.78. The molecule has 3 N–H and O–H groups in total. The van der Waals surface area contributed by atoms with E-state index < -0.39 is 6.04 Å². The second kappa shape index (κ2) is 9.92. The number of carbonyl (C=O) groups excluding carboxylic acids is 1.